The summed E-state index contributed by atoms with van der Waals surface area (Å²) in [6.45, 7) is 4.66. The number of allylic oxidation sites excluding steroid dienone is 2. The fourth-order valence-corrected chi connectivity index (χ4v) is 2.67. The van der Waals surface area contributed by atoms with Crippen LogP contribution in [0.25, 0.3) is 0 Å². The highest BCUT2D eigenvalue weighted by atomic mass is 35.5. The quantitative estimate of drug-likeness (QED) is 0.711. The van der Waals surface area contributed by atoms with Crippen LogP contribution in [0, 0.1) is 11.3 Å². The Hall–Kier alpha value is -1.53. The molecule has 0 spiro atoms. The summed E-state index contributed by atoms with van der Waals surface area (Å²) >= 11 is 5.95. The van der Waals surface area contributed by atoms with Crippen molar-refractivity contribution in [3.63, 3.8) is 0 Å². The molecule has 2 unspecified atom stereocenters. The molecule has 1 aliphatic rings. The summed E-state index contributed by atoms with van der Waals surface area (Å²) in [5.41, 5.74) is 3.84. The van der Waals surface area contributed by atoms with E-state index in [4.69, 9.17) is 22.1 Å². The molecule has 2 atom stereocenters. The second-order valence-corrected chi connectivity index (χ2v) is 5.35. The van der Waals surface area contributed by atoms with Gasteiger partial charge in [-0.25, -0.2) is 4.79 Å². The smallest absolute Gasteiger partial charge is 0.333 e. The predicted octanol–water partition coefficient (Wildman–Crippen LogP) is 1.55. The van der Waals surface area contributed by atoms with Gasteiger partial charge in [0, 0.05) is 12.5 Å². The molecule has 0 aromatic rings. The van der Waals surface area contributed by atoms with Gasteiger partial charge in [-0.15, -0.1) is 0 Å². The first-order chi connectivity index (χ1) is 9.18. The van der Waals surface area contributed by atoms with Crippen LogP contribution in [0.1, 0.15) is 20.8 Å². The summed E-state index contributed by atoms with van der Waals surface area (Å²) in [5, 5.41) is 18.7. The van der Waals surface area contributed by atoms with Crippen LogP contribution in [0.4, 0.5) is 0 Å². The van der Waals surface area contributed by atoms with Crippen LogP contribution < -0.4 is 5.73 Å². The molecule has 4 N–H and O–H groups in total. The third kappa shape index (κ3) is 2.53. The van der Waals surface area contributed by atoms with Gasteiger partial charge in [-0.3, -0.25) is 4.79 Å². The molecule has 6 nitrogen and oxygen atoms in total. The highest BCUT2D eigenvalue weighted by Crippen LogP contribution is 2.46. The van der Waals surface area contributed by atoms with Crippen molar-refractivity contribution < 1.29 is 24.5 Å². The molecule has 112 valence electrons. The standard InChI is InChI=1S/C13H18ClNO5/c1-6(2)20-9-4-8(14)10(11(16)17)7(3)13(9,5-15)12(18)19/h4,6-7H,5,15H2,1-3H3,(H,16,17)(H,18,19). The molecule has 0 heterocycles. The number of nitrogens with two attached hydrogens (primary N) is 1. The van der Waals surface area contributed by atoms with Gasteiger partial charge in [0.15, 0.2) is 0 Å². The van der Waals surface area contributed by atoms with E-state index in [1.165, 1.54) is 13.0 Å². The molecular formula is C13H18ClNO5. The Morgan fingerprint density at radius 3 is 2.40 bits per heavy atom. The fraction of sp³-hybridized carbons (Fsp3) is 0.538. The Morgan fingerprint density at radius 1 is 1.50 bits per heavy atom. The van der Waals surface area contributed by atoms with Crippen molar-refractivity contribution in [3.05, 3.63) is 22.4 Å². The molecule has 1 rings (SSSR count). The summed E-state index contributed by atoms with van der Waals surface area (Å²) < 4.78 is 5.52. The first-order valence-electron chi connectivity index (χ1n) is 6.13. The zero-order chi connectivity index (χ0) is 15.7. The fourth-order valence-electron chi connectivity index (χ4n) is 2.32. The maximum Gasteiger partial charge on any atom is 0.333 e. The van der Waals surface area contributed by atoms with Crippen LogP contribution in [0.2, 0.25) is 0 Å². The minimum atomic E-state index is -1.63. The zero-order valence-corrected chi connectivity index (χ0v) is 12.3. The van der Waals surface area contributed by atoms with Crippen molar-refractivity contribution in [1.82, 2.24) is 0 Å². The number of hydrogen-bond acceptors (Lipinski definition) is 4. The molecule has 1 aliphatic carbocycles. The third-order valence-corrected chi connectivity index (χ3v) is 3.74. The number of halogens is 1. The molecule has 0 bridgehead atoms. The first-order valence-corrected chi connectivity index (χ1v) is 6.51. The van der Waals surface area contributed by atoms with Gasteiger partial charge in [0.05, 0.1) is 16.7 Å². The highest BCUT2D eigenvalue weighted by Gasteiger charge is 2.53. The van der Waals surface area contributed by atoms with E-state index in [9.17, 15) is 19.8 Å². The van der Waals surface area contributed by atoms with Gasteiger partial charge in [0.1, 0.15) is 11.2 Å². The van der Waals surface area contributed by atoms with Gasteiger partial charge in [-0.1, -0.05) is 18.5 Å². The van der Waals surface area contributed by atoms with Crippen LogP contribution in [0.3, 0.4) is 0 Å². The van der Waals surface area contributed by atoms with Crippen molar-refractivity contribution in [1.29, 1.82) is 0 Å². The molecule has 0 fully saturated rings. The topological polar surface area (TPSA) is 110 Å². The number of carboxylic acid groups (broad SMARTS) is 2. The van der Waals surface area contributed by atoms with Crippen molar-refractivity contribution in [2.45, 2.75) is 26.9 Å². The van der Waals surface area contributed by atoms with E-state index in [2.05, 4.69) is 0 Å². The monoisotopic (exact) mass is 303 g/mol. The summed E-state index contributed by atoms with van der Waals surface area (Å²) in [6.07, 6.45) is 0.959. The molecule has 0 saturated heterocycles. The average molecular weight is 304 g/mol. The highest BCUT2D eigenvalue weighted by molar-refractivity contribution is 6.33. The SMILES string of the molecule is CC(C)OC1=CC(Cl)=C(C(=O)O)C(C)C1(CN)C(=O)O. The average Bonchev–Trinajstić information content (AvgIpc) is 2.27. The van der Waals surface area contributed by atoms with Crippen LogP contribution in [-0.2, 0) is 14.3 Å². The number of hydrogen-bond donors (Lipinski definition) is 3. The van der Waals surface area contributed by atoms with E-state index in [0.717, 1.165) is 0 Å². The largest absolute Gasteiger partial charge is 0.494 e. The van der Waals surface area contributed by atoms with E-state index in [-0.39, 0.29) is 29.0 Å². The van der Waals surface area contributed by atoms with Gasteiger partial charge in [0.25, 0.3) is 0 Å². The van der Waals surface area contributed by atoms with Crippen LogP contribution in [0.5, 0.6) is 0 Å². The van der Waals surface area contributed by atoms with Gasteiger partial charge >= 0.3 is 11.9 Å². The molecule has 0 aromatic heterocycles. The predicted molar refractivity (Wildman–Crippen MR) is 73.1 cm³/mol. The van der Waals surface area contributed by atoms with Crippen LogP contribution in [-0.4, -0.2) is 34.8 Å². The van der Waals surface area contributed by atoms with E-state index in [0.29, 0.717) is 0 Å². The first kappa shape index (κ1) is 16.5. The minimum absolute atomic E-state index is 0.0361. The van der Waals surface area contributed by atoms with Gasteiger partial charge in [-0.2, -0.15) is 0 Å². The van der Waals surface area contributed by atoms with Crippen LogP contribution in [0.15, 0.2) is 22.4 Å². The van der Waals surface area contributed by atoms with E-state index in [1.807, 2.05) is 0 Å². The van der Waals surface area contributed by atoms with E-state index >= 15 is 0 Å². The molecule has 0 aliphatic heterocycles. The number of carboxylic acids is 2. The van der Waals surface area contributed by atoms with Crippen molar-refractivity contribution >= 4 is 23.5 Å². The van der Waals surface area contributed by atoms with Crippen molar-refractivity contribution in [3.8, 4) is 0 Å². The Balaban J connectivity index is 3.52. The van der Waals surface area contributed by atoms with Gasteiger partial charge in [0.2, 0.25) is 0 Å². The molecule has 0 amide bonds. The number of aliphatic carboxylic acids is 2. The third-order valence-electron chi connectivity index (χ3n) is 3.42. The lowest BCUT2D eigenvalue weighted by molar-refractivity contribution is -0.151. The normalized spacial score (nSPS) is 26.5. The molecular weight excluding hydrogens is 286 g/mol. The lowest BCUT2D eigenvalue weighted by Crippen LogP contribution is -2.49. The summed E-state index contributed by atoms with van der Waals surface area (Å²) in [5.74, 6) is -3.32. The lowest BCUT2D eigenvalue weighted by atomic mass is 9.68. The second kappa shape index (κ2) is 5.85. The molecule has 20 heavy (non-hydrogen) atoms. The molecule has 0 aromatic carbocycles. The Bertz CT molecular complexity index is 497. The maximum absolute atomic E-state index is 11.7. The second-order valence-electron chi connectivity index (χ2n) is 4.94. The van der Waals surface area contributed by atoms with E-state index in [1.54, 1.807) is 13.8 Å². The Labute approximate surface area is 121 Å². The summed E-state index contributed by atoms with van der Waals surface area (Å²) in [6, 6.07) is 0. The Kier molecular flexibility index (Phi) is 4.83. The summed E-state index contributed by atoms with van der Waals surface area (Å²) in [7, 11) is 0. The van der Waals surface area contributed by atoms with Crippen molar-refractivity contribution in [2.24, 2.45) is 17.1 Å². The number of carbonyl (C=O) groups is 2. The number of ether oxygens (including phenoxy) is 1. The zero-order valence-electron chi connectivity index (χ0n) is 11.5. The molecule has 7 heteroatoms. The Morgan fingerprint density at radius 2 is 2.05 bits per heavy atom. The molecule has 0 radical (unpaired) electrons. The van der Waals surface area contributed by atoms with Gasteiger partial charge in [-0.05, 0) is 19.9 Å². The van der Waals surface area contributed by atoms with Crippen LogP contribution >= 0.6 is 11.6 Å². The minimum Gasteiger partial charge on any atom is -0.494 e. The van der Waals surface area contributed by atoms with Crippen molar-refractivity contribution in [2.75, 3.05) is 6.54 Å². The maximum atomic E-state index is 11.7. The molecule has 0 saturated carbocycles. The lowest BCUT2D eigenvalue weighted by Gasteiger charge is -2.39. The van der Waals surface area contributed by atoms with E-state index < -0.39 is 23.3 Å². The number of rotatable bonds is 5. The summed E-state index contributed by atoms with van der Waals surface area (Å²) in [4.78, 5) is 23.0. The van der Waals surface area contributed by atoms with Gasteiger partial charge < -0.3 is 20.7 Å².